The Morgan fingerprint density at radius 3 is 2.24 bits per heavy atom. The molecule has 0 aliphatic heterocycles. The maximum Gasteiger partial charge on any atom is 0.200 e. The third kappa shape index (κ3) is 5.98. The van der Waals surface area contributed by atoms with Crippen molar-refractivity contribution in [2.24, 2.45) is 0 Å². The highest BCUT2D eigenvalue weighted by Gasteiger charge is 2.17. The number of rotatable bonds is 11. The number of unbranched alkanes of at least 4 members (excludes halogenated alkanes) is 1. The zero-order chi connectivity index (χ0) is 22.9. The largest absolute Gasteiger partial charge is 0.373 e. The molecular weight excluding hydrogens is 414 g/mol. The molecule has 0 bridgehead atoms. The summed E-state index contributed by atoms with van der Waals surface area (Å²) in [6.45, 7) is 6.26. The average Bonchev–Trinajstić information content (AvgIpc) is 3.38. The predicted molar refractivity (Wildman–Crippen MR) is 128 cm³/mol. The fraction of sp³-hybridized carbons (Fsp3) is 0.320. The van der Waals surface area contributed by atoms with Gasteiger partial charge in [0.15, 0.2) is 5.82 Å². The molecule has 2 aromatic carbocycles. The van der Waals surface area contributed by atoms with Gasteiger partial charge in [-0.25, -0.2) is 4.98 Å². The molecule has 0 fully saturated rings. The Morgan fingerprint density at radius 1 is 0.909 bits per heavy atom. The van der Waals surface area contributed by atoms with Crippen molar-refractivity contribution >= 4 is 5.82 Å². The van der Waals surface area contributed by atoms with Crippen molar-refractivity contribution in [3.63, 3.8) is 0 Å². The van der Waals surface area contributed by atoms with Crippen LogP contribution in [0.4, 0.5) is 5.82 Å². The van der Waals surface area contributed by atoms with Gasteiger partial charge < -0.3 is 9.64 Å². The molecule has 4 rings (SSSR count). The number of anilines is 1. The first-order valence-corrected chi connectivity index (χ1v) is 11.3. The lowest BCUT2D eigenvalue weighted by molar-refractivity contribution is 0.112. The summed E-state index contributed by atoms with van der Waals surface area (Å²) in [6, 6.07) is 20.8. The van der Waals surface area contributed by atoms with Crippen LogP contribution < -0.4 is 4.90 Å². The van der Waals surface area contributed by atoms with E-state index in [1.165, 1.54) is 0 Å². The van der Waals surface area contributed by atoms with Gasteiger partial charge in [-0.05, 0) is 26.7 Å². The van der Waals surface area contributed by atoms with Crippen molar-refractivity contribution in [3.8, 4) is 22.5 Å². The first kappa shape index (κ1) is 22.5. The number of hydrogen-bond donors (Lipinski definition) is 1. The van der Waals surface area contributed by atoms with Gasteiger partial charge >= 0.3 is 0 Å². The summed E-state index contributed by atoms with van der Waals surface area (Å²) < 4.78 is 5.64. The van der Waals surface area contributed by atoms with Crippen LogP contribution in [0.3, 0.4) is 0 Å². The highest BCUT2D eigenvalue weighted by molar-refractivity contribution is 5.78. The van der Waals surface area contributed by atoms with E-state index in [0.717, 1.165) is 47.7 Å². The van der Waals surface area contributed by atoms with Crippen molar-refractivity contribution in [2.75, 3.05) is 18.1 Å². The zero-order valence-electron chi connectivity index (χ0n) is 19.1. The maximum atomic E-state index is 5.64. The standard InChI is InChI=1S/C25H29N7O/c1-19(2)32(15-9-10-16-33-18-22-28-30-31-29-22)23-17-26-24(20-11-5-3-6-12-20)25(27-23)21-13-7-4-8-14-21/h3-8,11-14,17,19H,9-10,15-16,18H2,1-2H3,(H,28,29,30,31). The van der Waals surface area contributed by atoms with Crippen LogP contribution in [-0.4, -0.2) is 49.8 Å². The first-order chi connectivity index (χ1) is 16.2. The minimum Gasteiger partial charge on any atom is -0.373 e. The summed E-state index contributed by atoms with van der Waals surface area (Å²) in [5.41, 5.74) is 3.91. The molecule has 2 aromatic heterocycles. The Morgan fingerprint density at radius 2 is 1.61 bits per heavy atom. The normalized spacial score (nSPS) is 11.1. The van der Waals surface area contributed by atoms with Crippen LogP contribution in [0.2, 0.25) is 0 Å². The number of benzene rings is 2. The molecule has 0 atom stereocenters. The van der Waals surface area contributed by atoms with Crippen molar-refractivity contribution < 1.29 is 4.74 Å². The summed E-state index contributed by atoms with van der Waals surface area (Å²) in [5.74, 6) is 1.46. The molecule has 0 unspecified atom stereocenters. The van der Waals surface area contributed by atoms with E-state index in [1.54, 1.807) is 0 Å². The van der Waals surface area contributed by atoms with E-state index in [0.29, 0.717) is 25.1 Å². The van der Waals surface area contributed by atoms with Crippen LogP contribution in [0.5, 0.6) is 0 Å². The van der Waals surface area contributed by atoms with Gasteiger partial charge in [0.1, 0.15) is 12.4 Å². The number of aromatic nitrogens is 6. The molecule has 0 amide bonds. The molecule has 8 heteroatoms. The second kappa shape index (κ2) is 11.3. The Kier molecular flexibility index (Phi) is 7.71. The third-order valence-electron chi connectivity index (χ3n) is 5.33. The lowest BCUT2D eigenvalue weighted by atomic mass is 10.0. The van der Waals surface area contributed by atoms with Gasteiger partial charge in [-0.15, -0.1) is 10.2 Å². The summed E-state index contributed by atoms with van der Waals surface area (Å²) >= 11 is 0. The minimum atomic E-state index is 0.297. The van der Waals surface area contributed by atoms with Crippen LogP contribution in [-0.2, 0) is 11.3 Å². The third-order valence-corrected chi connectivity index (χ3v) is 5.33. The molecule has 2 heterocycles. The first-order valence-electron chi connectivity index (χ1n) is 11.3. The number of nitrogens with zero attached hydrogens (tertiary/aromatic N) is 6. The summed E-state index contributed by atoms with van der Waals surface area (Å²) in [7, 11) is 0. The van der Waals surface area contributed by atoms with Crippen molar-refractivity contribution in [1.82, 2.24) is 30.6 Å². The number of H-pyrrole nitrogens is 1. The van der Waals surface area contributed by atoms with E-state index in [9.17, 15) is 0 Å². The maximum absolute atomic E-state index is 5.64. The van der Waals surface area contributed by atoms with Crippen molar-refractivity contribution in [3.05, 3.63) is 72.7 Å². The number of hydrogen-bond acceptors (Lipinski definition) is 7. The molecule has 170 valence electrons. The van der Waals surface area contributed by atoms with Gasteiger partial charge in [0, 0.05) is 30.3 Å². The highest BCUT2D eigenvalue weighted by Crippen LogP contribution is 2.30. The molecule has 0 spiro atoms. The molecule has 8 nitrogen and oxygen atoms in total. The fourth-order valence-corrected chi connectivity index (χ4v) is 3.65. The summed E-state index contributed by atoms with van der Waals surface area (Å²) in [6.07, 6.45) is 3.80. The summed E-state index contributed by atoms with van der Waals surface area (Å²) in [4.78, 5) is 12.3. The van der Waals surface area contributed by atoms with Gasteiger partial charge in [0.05, 0.1) is 17.6 Å². The number of nitrogens with one attached hydrogen (secondary N) is 1. The molecule has 0 radical (unpaired) electrons. The Bertz CT molecular complexity index is 1100. The zero-order valence-corrected chi connectivity index (χ0v) is 19.1. The molecule has 0 saturated carbocycles. The molecule has 0 saturated heterocycles. The monoisotopic (exact) mass is 443 g/mol. The lowest BCUT2D eigenvalue weighted by Crippen LogP contribution is -2.33. The second-order valence-electron chi connectivity index (χ2n) is 8.03. The summed E-state index contributed by atoms with van der Waals surface area (Å²) in [5, 5.41) is 13.7. The molecular formula is C25H29N7O. The van der Waals surface area contributed by atoms with Gasteiger partial charge in [-0.1, -0.05) is 65.9 Å². The Balaban J connectivity index is 1.48. The molecule has 4 aromatic rings. The average molecular weight is 444 g/mol. The van der Waals surface area contributed by atoms with E-state index < -0.39 is 0 Å². The highest BCUT2D eigenvalue weighted by atomic mass is 16.5. The van der Waals surface area contributed by atoms with Gasteiger partial charge in [0.2, 0.25) is 0 Å². The van der Waals surface area contributed by atoms with Crippen LogP contribution >= 0.6 is 0 Å². The van der Waals surface area contributed by atoms with Crippen LogP contribution in [0, 0.1) is 0 Å². The van der Waals surface area contributed by atoms with Gasteiger partial charge in [-0.2, -0.15) is 5.21 Å². The van der Waals surface area contributed by atoms with Gasteiger partial charge in [-0.3, -0.25) is 4.98 Å². The SMILES string of the molecule is CC(C)N(CCCCOCc1nn[nH]n1)c1cnc(-c2ccccc2)c(-c2ccccc2)n1. The molecule has 33 heavy (non-hydrogen) atoms. The van der Waals surface area contributed by atoms with E-state index in [4.69, 9.17) is 14.7 Å². The van der Waals surface area contributed by atoms with E-state index in [-0.39, 0.29) is 0 Å². The van der Waals surface area contributed by atoms with Crippen molar-refractivity contribution in [2.45, 2.75) is 39.3 Å². The Hall–Kier alpha value is -3.65. The van der Waals surface area contributed by atoms with Crippen molar-refractivity contribution in [1.29, 1.82) is 0 Å². The van der Waals surface area contributed by atoms with Gasteiger partial charge in [0.25, 0.3) is 0 Å². The van der Waals surface area contributed by atoms with Crippen LogP contribution in [0.1, 0.15) is 32.5 Å². The van der Waals surface area contributed by atoms with E-state index in [1.807, 2.05) is 42.6 Å². The number of aromatic amines is 1. The number of tetrazole rings is 1. The van der Waals surface area contributed by atoms with E-state index in [2.05, 4.69) is 63.6 Å². The molecule has 0 aliphatic rings. The fourth-order valence-electron chi connectivity index (χ4n) is 3.65. The predicted octanol–water partition coefficient (Wildman–Crippen LogP) is 4.54. The molecule has 1 N–H and O–H groups in total. The van der Waals surface area contributed by atoms with E-state index >= 15 is 0 Å². The van der Waals surface area contributed by atoms with Crippen LogP contribution in [0.25, 0.3) is 22.5 Å². The topological polar surface area (TPSA) is 92.7 Å². The lowest BCUT2D eigenvalue weighted by Gasteiger charge is -2.28. The molecule has 0 aliphatic carbocycles. The second-order valence-corrected chi connectivity index (χ2v) is 8.03. The minimum absolute atomic E-state index is 0.297. The number of ether oxygens (including phenoxy) is 1. The smallest absolute Gasteiger partial charge is 0.200 e. The quantitative estimate of drug-likeness (QED) is 0.340. The van der Waals surface area contributed by atoms with Crippen LogP contribution in [0.15, 0.2) is 66.9 Å². The Labute approximate surface area is 194 Å².